The van der Waals surface area contributed by atoms with Crippen molar-refractivity contribution in [2.45, 2.75) is 0 Å². The van der Waals surface area contributed by atoms with Crippen LogP contribution in [-0.4, -0.2) is 24.0 Å². The van der Waals surface area contributed by atoms with Gasteiger partial charge in [0.2, 0.25) is 0 Å². The second-order valence-electron chi connectivity index (χ2n) is 2.69. The van der Waals surface area contributed by atoms with Crippen molar-refractivity contribution in [2.75, 3.05) is 14.1 Å². The Morgan fingerprint density at radius 1 is 1.50 bits per heavy atom. The Balaban J connectivity index is 2.76. The van der Waals surface area contributed by atoms with Gasteiger partial charge in [0.1, 0.15) is 5.15 Å². The van der Waals surface area contributed by atoms with Crippen LogP contribution in [0.2, 0.25) is 5.15 Å². The van der Waals surface area contributed by atoms with Crippen LogP contribution in [0.5, 0.6) is 0 Å². The van der Waals surface area contributed by atoms with Gasteiger partial charge >= 0.3 is 0 Å². The minimum Gasteiger partial charge on any atom is -0.383 e. The quantitative estimate of drug-likeness (QED) is 0.653. The smallest absolute Gasteiger partial charge is 0.129 e. The standard InChI is InChI=1S/C9H11ClN2/c1-12(2)6-4-8-3-5-11-9(10)7-8/h3-7H,1-2H3/b6-4+. The summed E-state index contributed by atoms with van der Waals surface area (Å²) in [5, 5.41) is 0.524. The third-order valence-electron chi connectivity index (χ3n) is 1.32. The molecular formula is C9H11ClN2. The van der Waals surface area contributed by atoms with Gasteiger partial charge in [-0.15, -0.1) is 0 Å². The Morgan fingerprint density at radius 2 is 2.25 bits per heavy atom. The monoisotopic (exact) mass is 182 g/mol. The van der Waals surface area contributed by atoms with E-state index in [0.717, 1.165) is 5.56 Å². The second kappa shape index (κ2) is 4.12. The molecule has 0 atom stereocenters. The average Bonchev–Trinajstić information content (AvgIpc) is 2.01. The summed E-state index contributed by atoms with van der Waals surface area (Å²) in [5.74, 6) is 0. The van der Waals surface area contributed by atoms with Crippen molar-refractivity contribution in [3.63, 3.8) is 0 Å². The molecule has 0 aliphatic heterocycles. The fourth-order valence-electron chi connectivity index (χ4n) is 0.756. The van der Waals surface area contributed by atoms with E-state index in [1.54, 1.807) is 6.20 Å². The zero-order chi connectivity index (χ0) is 8.97. The maximum absolute atomic E-state index is 5.70. The van der Waals surface area contributed by atoms with E-state index in [4.69, 9.17) is 11.6 Å². The number of hydrogen-bond acceptors (Lipinski definition) is 2. The predicted molar refractivity (Wildman–Crippen MR) is 52.0 cm³/mol. The molecule has 64 valence electrons. The first kappa shape index (κ1) is 9.07. The van der Waals surface area contributed by atoms with Gasteiger partial charge in [0.25, 0.3) is 0 Å². The van der Waals surface area contributed by atoms with Crippen molar-refractivity contribution in [3.05, 3.63) is 35.2 Å². The molecule has 0 unspecified atom stereocenters. The van der Waals surface area contributed by atoms with E-state index in [9.17, 15) is 0 Å². The van der Waals surface area contributed by atoms with Gasteiger partial charge < -0.3 is 4.90 Å². The lowest BCUT2D eigenvalue weighted by Crippen LogP contribution is -1.99. The van der Waals surface area contributed by atoms with Gasteiger partial charge in [0.05, 0.1) is 0 Å². The van der Waals surface area contributed by atoms with E-state index in [1.807, 2.05) is 43.4 Å². The van der Waals surface area contributed by atoms with E-state index in [2.05, 4.69) is 4.98 Å². The third-order valence-corrected chi connectivity index (χ3v) is 1.52. The van der Waals surface area contributed by atoms with E-state index in [0.29, 0.717) is 5.15 Å². The lowest BCUT2D eigenvalue weighted by Gasteiger charge is -2.02. The maximum atomic E-state index is 5.70. The predicted octanol–water partition coefficient (Wildman–Crippen LogP) is 2.27. The zero-order valence-corrected chi connectivity index (χ0v) is 7.92. The summed E-state index contributed by atoms with van der Waals surface area (Å²) in [7, 11) is 3.94. The normalized spacial score (nSPS) is 10.6. The fraction of sp³-hybridized carbons (Fsp3) is 0.222. The molecule has 1 heterocycles. The molecule has 1 aromatic rings. The number of rotatable bonds is 2. The number of pyridine rings is 1. The lowest BCUT2D eigenvalue weighted by atomic mass is 10.3. The minimum absolute atomic E-state index is 0.524. The summed E-state index contributed by atoms with van der Waals surface area (Å²) < 4.78 is 0. The van der Waals surface area contributed by atoms with Crippen LogP contribution >= 0.6 is 11.6 Å². The van der Waals surface area contributed by atoms with Crippen molar-refractivity contribution in [1.82, 2.24) is 9.88 Å². The fourth-order valence-corrected chi connectivity index (χ4v) is 0.939. The van der Waals surface area contributed by atoms with E-state index >= 15 is 0 Å². The van der Waals surface area contributed by atoms with E-state index < -0.39 is 0 Å². The summed E-state index contributed by atoms with van der Waals surface area (Å²) in [6.45, 7) is 0. The highest BCUT2D eigenvalue weighted by Crippen LogP contribution is 2.08. The molecule has 1 rings (SSSR count). The number of nitrogens with zero attached hydrogens (tertiary/aromatic N) is 2. The largest absolute Gasteiger partial charge is 0.383 e. The number of hydrogen-bond donors (Lipinski definition) is 0. The first-order chi connectivity index (χ1) is 5.68. The Morgan fingerprint density at radius 3 is 2.83 bits per heavy atom. The SMILES string of the molecule is CN(C)/C=C/c1ccnc(Cl)c1. The molecule has 0 saturated heterocycles. The zero-order valence-electron chi connectivity index (χ0n) is 7.16. The molecule has 0 spiro atoms. The van der Waals surface area contributed by atoms with Crippen molar-refractivity contribution < 1.29 is 0 Å². The molecule has 0 fully saturated rings. The Labute approximate surface area is 77.5 Å². The van der Waals surface area contributed by atoms with Gasteiger partial charge in [-0.25, -0.2) is 4.98 Å². The molecule has 0 saturated carbocycles. The van der Waals surface area contributed by atoms with Crippen LogP contribution < -0.4 is 0 Å². The third kappa shape index (κ3) is 2.93. The average molecular weight is 183 g/mol. The summed E-state index contributed by atoms with van der Waals surface area (Å²) >= 11 is 5.70. The molecule has 0 bridgehead atoms. The van der Waals surface area contributed by atoms with Crippen LogP contribution in [0.25, 0.3) is 6.08 Å². The Hall–Kier alpha value is -1.02. The van der Waals surface area contributed by atoms with Crippen molar-refractivity contribution in [2.24, 2.45) is 0 Å². The molecule has 0 N–H and O–H groups in total. The molecule has 2 nitrogen and oxygen atoms in total. The van der Waals surface area contributed by atoms with Gasteiger partial charge in [-0.1, -0.05) is 11.6 Å². The van der Waals surface area contributed by atoms with Crippen LogP contribution in [0.4, 0.5) is 0 Å². The van der Waals surface area contributed by atoms with Gasteiger partial charge in [0, 0.05) is 20.3 Å². The number of aromatic nitrogens is 1. The molecule has 0 aliphatic rings. The van der Waals surface area contributed by atoms with Gasteiger partial charge in [-0.3, -0.25) is 0 Å². The highest BCUT2D eigenvalue weighted by atomic mass is 35.5. The second-order valence-corrected chi connectivity index (χ2v) is 3.08. The Bertz CT molecular complexity index is 282. The van der Waals surface area contributed by atoms with Crippen LogP contribution in [0.3, 0.4) is 0 Å². The maximum Gasteiger partial charge on any atom is 0.129 e. The number of halogens is 1. The van der Waals surface area contributed by atoms with Crippen LogP contribution in [0.15, 0.2) is 24.5 Å². The van der Waals surface area contributed by atoms with Crippen molar-refractivity contribution >= 4 is 17.7 Å². The molecule has 0 aliphatic carbocycles. The summed E-state index contributed by atoms with van der Waals surface area (Å²) in [6.07, 6.45) is 5.64. The molecular weight excluding hydrogens is 172 g/mol. The van der Waals surface area contributed by atoms with E-state index in [-0.39, 0.29) is 0 Å². The van der Waals surface area contributed by atoms with Crippen LogP contribution in [0.1, 0.15) is 5.56 Å². The van der Waals surface area contributed by atoms with Gasteiger partial charge in [-0.2, -0.15) is 0 Å². The van der Waals surface area contributed by atoms with Crippen molar-refractivity contribution in [1.29, 1.82) is 0 Å². The van der Waals surface area contributed by atoms with Crippen molar-refractivity contribution in [3.8, 4) is 0 Å². The molecule has 12 heavy (non-hydrogen) atoms. The van der Waals surface area contributed by atoms with Gasteiger partial charge in [-0.05, 0) is 30.0 Å². The van der Waals surface area contributed by atoms with Gasteiger partial charge in [0.15, 0.2) is 0 Å². The molecule has 1 aromatic heterocycles. The van der Waals surface area contributed by atoms with Crippen LogP contribution in [-0.2, 0) is 0 Å². The first-order valence-corrected chi connectivity index (χ1v) is 4.02. The minimum atomic E-state index is 0.524. The summed E-state index contributed by atoms with van der Waals surface area (Å²) in [5.41, 5.74) is 1.06. The molecule has 3 heteroatoms. The summed E-state index contributed by atoms with van der Waals surface area (Å²) in [4.78, 5) is 5.85. The molecule has 0 amide bonds. The molecule has 0 radical (unpaired) electrons. The van der Waals surface area contributed by atoms with Crippen LogP contribution in [0, 0.1) is 0 Å². The molecule has 0 aromatic carbocycles. The Kier molecular flexibility index (Phi) is 3.11. The highest BCUT2D eigenvalue weighted by molar-refractivity contribution is 6.29. The lowest BCUT2D eigenvalue weighted by molar-refractivity contribution is 0.567. The topological polar surface area (TPSA) is 16.1 Å². The first-order valence-electron chi connectivity index (χ1n) is 3.64. The van der Waals surface area contributed by atoms with E-state index in [1.165, 1.54) is 0 Å². The summed E-state index contributed by atoms with van der Waals surface area (Å²) in [6, 6.07) is 3.73. The highest BCUT2D eigenvalue weighted by Gasteiger charge is 1.89.